The third-order valence-corrected chi connectivity index (χ3v) is 6.44. The molecule has 0 aromatic rings. The van der Waals surface area contributed by atoms with Crippen molar-refractivity contribution in [3.63, 3.8) is 0 Å². The van der Waals surface area contributed by atoms with Crippen LogP contribution in [0.5, 0.6) is 0 Å². The maximum atomic E-state index is 11.5. The number of morpholine rings is 1. The van der Waals surface area contributed by atoms with Gasteiger partial charge in [-0.3, -0.25) is 0 Å². The van der Waals surface area contributed by atoms with Crippen LogP contribution in [-0.4, -0.2) is 58.8 Å². The normalized spacial score (nSPS) is 34.1. The molecule has 3 aliphatic rings. The van der Waals surface area contributed by atoms with Gasteiger partial charge in [0.05, 0.1) is 19.0 Å². The van der Waals surface area contributed by atoms with E-state index in [1.165, 1.54) is 25.5 Å². The Morgan fingerprint density at radius 2 is 2.09 bits per heavy atom. The highest BCUT2D eigenvalue weighted by atomic mass is 35.5. The number of rotatable bonds is 6. The second-order valence-electron chi connectivity index (χ2n) is 7.29. The zero-order chi connectivity index (χ0) is 14.9. The summed E-state index contributed by atoms with van der Waals surface area (Å²) >= 11 is 0. The first kappa shape index (κ1) is 18.5. The summed E-state index contributed by atoms with van der Waals surface area (Å²) in [4.78, 5) is 0. The molecule has 3 atom stereocenters. The first-order chi connectivity index (χ1) is 9.98. The summed E-state index contributed by atoms with van der Waals surface area (Å²) in [6, 6.07) is 0.977. The maximum absolute atomic E-state index is 11.5. The molecule has 3 fully saturated rings. The van der Waals surface area contributed by atoms with Crippen LogP contribution < -0.4 is 10.6 Å². The Labute approximate surface area is 140 Å². The molecule has 2 saturated carbocycles. The molecular formula is C15H29ClN2O3S. The van der Waals surface area contributed by atoms with Gasteiger partial charge in [-0.25, -0.2) is 8.42 Å². The van der Waals surface area contributed by atoms with E-state index in [2.05, 4.69) is 10.6 Å². The third kappa shape index (κ3) is 4.81. The molecule has 3 unspecified atom stereocenters. The van der Waals surface area contributed by atoms with Crippen LogP contribution in [0.1, 0.15) is 32.1 Å². The molecule has 1 saturated heterocycles. The quantitative estimate of drug-likeness (QED) is 0.746. The number of hydrogen-bond acceptors (Lipinski definition) is 5. The summed E-state index contributed by atoms with van der Waals surface area (Å²) < 4.78 is 28.7. The van der Waals surface area contributed by atoms with Crippen molar-refractivity contribution < 1.29 is 13.2 Å². The van der Waals surface area contributed by atoms with Crippen LogP contribution in [0.15, 0.2) is 0 Å². The highest BCUT2D eigenvalue weighted by molar-refractivity contribution is 7.90. The Morgan fingerprint density at radius 3 is 2.68 bits per heavy atom. The van der Waals surface area contributed by atoms with Crippen molar-refractivity contribution >= 4 is 22.2 Å². The first-order valence-corrected chi connectivity index (χ1v) is 10.3. The van der Waals surface area contributed by atoms with Gasteiger partial charge in [0.2, 0.25) is 0 Å². The minimum atomic E-state index is -2.87. The van der Waals surface area contributed by atoms with E-state index in [1.54, 1.807) is 0 Å². The van der Waals surface area contributed by atoms with Gasteiger partial charge in [0.1, 0.15) is 9.84 Å². The summed E-state index contributed by atoms with van der Waals surface area (Å²) in [5.41, 5.74) is 0.0250. The molecule has 130 valence electrons. The van der Waals surface area contributed by atoms with Gasteiger partial charge in [-0.2, -0.15) is 0 Å². The van der Waals surface area contributed by atoms with Gasteiger partial charge in [0, 0.05) is 31.4 Å². The van der Waals surface area contributed by atoms with Crippen LogP contribution in [0.3, 0.4) is 0 Å². The molecule has 0 spiro atoms. The molecule has 0 aromatic carbocycles. The highest BCUT2D eigenvalue weighted by Gasteiger charge is 2.46. The fourth-order valence-corrected chi connectivity index (χ4v) is 5.54. The van der Waals surface area contributed by atoms with Crippen LogP contribution in [-0.2, 0) is 14.6 Å². The van der Waals surface area contributed by atoms with E-state index in [0.29, 0.717) is 23.8 Å². The third-order valence-electron chi connectivity index (χ3n) is 5.30. The molecule has 2 N–H and O–H groups in total. The lowest BCUT2D eigenvalue weighted by molar-refractivity contribution is 0.0522. The maximum Gasteiger partial charge on any atom is 0.148 e. The zero-order valence-corrected chi connectivity index (χ0v) is 15.0. The molecular weight excluding hydrogens is 324 g/mol. The average Bonchev–Trinajstić information content (AvgIpc) is 3.02. The van der Waals surface area contributed by atoms with Gasteiger partial charge < -0.3 is 15.4 Å². The Balaban J connectivity index is 0.00000176. The molecule has 1 heterocycles. The van der Waals surface area contributed by atoms with Crippen molar-refractivity contribution in [1.82, 2.24) is 10.6 Å². The minimum Gasteiger partial charge on any atom is -0.379 e. The van der Waals surface area contributed by atoms with Crippen molar-refractivity contribution in [2.45, 2.75) is 44.2 Å². The lowest BCUT2D eigenvalue weighted by Crippen LogP contribution is -2.51. The van der Waals surface area contributed by atoms with E-state index >= 15 is 0 Å². The van der Waals surface area contributed by atoms with Crippen LogP contribution in [0.2, 0.25) is 0 Å². The fourth-order valence-electron chi connectivity index (χ4n) is 4.04. The largest absolute Gasteiger partial charge is 0.379 e. The number of hydrogen-bond donors (Lipinski definition) is 2. The Kier molecular flexibility index (Phi) is 6.16. The Hall–Kier alpha value is 0.120. The molecule has 2 aliphatic carbocycles. The van der Waals surface area contributed by atoms with Crippen LogP contribution in [0.4, 0.5) is 0 Å². The van der Waals surface area contributed by atoms with Gasteiger partial charge in [-0.05, 0) is 37.0 Å². The van der Waals surface area contributed by atoms with Gasteiger partial charge in [-0.15, -0.1) is 12.4 Å². The fraction of sp³-hybridized carbons (Fsp3) is 1.00. The monoisotopic (exact) mass is 352 g/mol. The van der Waals surface area contributed by atoms with E-state index in [1.807, 2.05) is 0 Å². The van der Waals surface area contributed by atoms with E-state index < -0.39 is 9.84 Å². The number of ether oxygens (including phenoxy) is 1. The SMILES string of the molecule is CS(=O)(=O)CC1(CNC2CCCC2C2COCCN2)CC1.Cl. The summed E-state index contributed by atoms with van der Waals surface area (Å²) in [6.45, 7) is 3.44. The van der Waals surface area contributed by atoms with E-state index in [0.717, 1.165) is 39.1 Å². The minimum absolute atomic E-state index is 0. The predicted octanol–water partition coefficient (Wildman–Crippen LogP) is 0.980. The van der Waals surface area contributed by atoms with Crippen molar-refractivity contribution in [2.75, 3.05) is 38.3 Å². The molecule has 22 heavy (non-hydrogen) atoms. The molecule has 0 amide bonds. The summed E-state index contributed by atoms with van der Waals surface area (Å²) in [7, 11) is -2.87. The second kappa shape index (κ2) is 7.34. The summed E-state index contributed by atoms with van der Waals surface area (Å²) in [5.74, 6) is 0.967. The van der Waals surface area contributed by atoms with Crippen molar-refractivity contribution in [3.8, 4) is 0 Å². The summed E-state index contributed by atoms with van der Waals surface area (Å²) in [6.07, 6.45) is 7.17. The van der Waals surface area contributed by atoms with Crippen LogP contribution in [0.25, 0.3) is 0 Å². The van der Waals surface area contributed by atoms with Crippen LogP contribution in [0, 0.1) is 11.3 Å². The standard InChI is InChI=1S/C15H28N2O3S.ClH/c1-21(18,19)11-15(5-6-15)10-17-13-4-2-3-12(13)14-9-20-8-7-16-14;/h12-14,16-17H,2-11H2,1H3;1H. The van der Waals surface area contributed by atoms with Crippen LogP contribution >= 0.6 is 12.4 Å². The van der Waals surface area contributed by atoms with E-state index in [4.69, 9.17) is 4.74 Å². The number of sulfone groups is 1. The topological polar surface area (TPSA) is 67.4 Å². The first-order valence-electron chi connectivity index (χ1n) is 8.20. The Bertz CT molecular complexity index is 461. The van der Waals surface area contributed by atoms with E-state index in [-0.39, 0.29) is 17.8 Å². The van der Waals surface area contributed by atoms with Gasteiger partial charge in [0.25, 0.3) is 0 Å². The molecule has 7 heteroatoms. The lowest BCUT2D eigenvalue weighted by Gasteiger charge is -2.33. The number of nitrogens with one attached hydrogen (secondary N) is 2. The molecule has 0 aromatic heterocycles. The zero-order valence-electron chi connectivity index (χ0n) is 13.3. The molecule has 0 bridgehead atoms. The average molecular weight is 353 g/mol. The van der Waals surface area contributed by atoms with Crippen molar-refractivity contribution in [3.05, 3.63) is 0 Å². The van der Waals surface area contributed by atoms with Gasteiger partial charge in [-0.1, -0.05) is 6.42 Å². The lowest BCUT2D eigenvalue weighted by atomic mass is 9.93. The summed E-state index contributed by atoms with van der Waals surface area (Å²) in [5, 5.41) is 7.28. The molecule has 5 nitrogen and oxygen atoms in total. The highest BCUT2D eigenvalue weighted by Crippen LogP contribution is 2.46. The van der Waals surface area contributed by atoms with Crippen molar-refractivity contribution in [1.29, 1.82) is 0 Å². The Morgan fingerprint density at radius 1 is 1.32 bits per heavy atom. The predicted molar refractivity (Wildman–Crippen MR) is 90.4 cm³/mol. The van der Waals surface area contributed by atoms with Gasteiger partial charge >= 0.3 is 0 Å². The smallest absolute Gasteiger partial charge is 0.148 e. The van der Waals surface area contributed by atoms with Gasteiger partial charge in [0.15, 0.2) is 0 Å². The van der Waals surface area contributed by atoms with E-state index in [9.17, 15) is 8.42 Å². The second-order valence-corrected chi connectivity index (χ2v) is 9.43. The molecule has 0 radical (unpaired) electrons. The van der Waals surface area contributed by atoms with Crippen molar-refractivity contribution in [2.24, 2.45) is 11.3 Å². The number of halogens is 1. The molecule has 3 rings (SSSR count). The molecule has 1 aliphatic heterocycles.